The van der Waals surface area contributed by atoms with E-state index in [0.717, 1.165) is 0 Å². The average Bonchev–Trinajstić information content (AvgIpc) is 2.31. The molecule has 0 saturated heterocycles. The number of hydrogen-bond acceptors (Lipinski definition) is 3. The summed E-state index contributed by atoms with van der Waals surface area (Å²) in [6, 6.07) is 4.25. The molecule has 0 spiro atoms. The number of guanidine groups is 2. The molecule has 0 aliphatic rings. The summed E-state index contributed by atoms with van der Waals surface area (Å²) >= 11 is 0. The van der Waals surface area contributed by atoms with E-state index in [9.17, 15) is 4.39 Å². The summed E-state index contributed by atoms with van der Waals surface area (Å²) in [5, 5.41) is 0. The van der Waals surface area contributed by atoms with Crippen LogP contribution >= 0.6 is 0 Å². The molecule has 1 aromatic carbocycles. The van der Waals surface area contributed by atoms with Gasteiger partial charge in [-0.05, 0) is 12.1 Å². The first kappa shape index (κ1) is 14.7. The van der Waals surface area contributed by atoms with Gasteiger partial charge in [0.2, 0.25) is 5.96 Å². The van der Waals surface area contributed by atoms with Crippen molar-refractivity contribution in [3.8, 4) is 5.75 Å². The zero-order chi connectivity index (χ0) is 14.3. The van der Waals surface area contributed by atoms with Crippen LogP contribution in [0.5, 0.6) is 5.75 Å². The van der Waals surface area contributed by atoms with Crippen molar-refractivity contribution >= 4 is 17.6 Å². The largest absolute Gasteiger partial charge is 0.486 e. The first-order valence-electron chi connectivity index (χ1n) is 5.38. The Morgan fingerprint density at radius 1 is 1.26 bits per heavy atom. The van der Waals surface area contributed by atoms with Crippen LogP contribution in [0.4, 0.5) is 10.1 Å². The fourth-order valence-corrected chi connectivity index (χ4v) is 1.24. The number of para-hydroxylation sites is 1. The minimum atomic E-state index is -0.560. The van der Waals surface area contributed by atoms with Gasteiger partial charge in [-0.15, -0.1) is 0 Å². The maximum atomic E-state index is 13.6. The maximum absolute atomic E-state index is 13.6. The fraction of sp³-hybridized carbons (Fsp3) is 0.273. The molecular weight excluding hydrogens is 253 g/mol. The van der Waals surface area contributed by atoms with Crippen molar-refractivity contribution in [3.63, 3.8) is 0 Å². The molecule has 0 aliphatic heterocycles. The van der Waals surface area contributed by atoms with Gasteiger partial charge in [-0.3, -0.25) is 0 Å². The fourth-order valence-electron chi connectivity index (χ4n) is 1.24. The van der Waals surface area contributed by atoms with Crippen molar-refractivity contribution < 1.29 is 13.9 Å². The van der Waals surface area contributed by atoms with Gasteiger partial charge in [-0.2, -0.15) is 4.99 Å². The summed E-state index contributed by atoms with van der Waals surface area (Å²) in [6.45, 7) is 0.503. The summed E-state index contributed by atoms with van der Waals surface area (Å²) < 4.78 is 23.7. The number of benzene rings is 1. The third-order valence-corrected chi connectivity index (χ3v) is 1.96. The van der Waals surface area contributed by atoms with Crippen LogP contribution < -0.4 is 21.9 Å². The van der Waals surface area contributed by atoms with Gasteiger partial charge in [0.25, 0.3) is 0 Å². The van der Waals surface area contributed by atoms with Crippen molar-refractivity contribution in [1.29, 1.82) is 0 Å². The summed E-state index contributed by atoms with van der Waals surface area (Å²) in [6.07, 6.45) is 0. The molecule has 0 aromatic heterocycles. The number of nitrogens with two attached hydrogens (primary N) is 3. The predicted octanol–water partition coefficient (Wildman–Crippen LogP) is 0.0705. The highest BCUT2D eigenvalue weighted by atomic mass is 19.1. The van der Waals surface area contributed by atoms with E-state index < -0.39 is 5.82 Å². The van der Waals surface area contributed by atoms with Crippen molar-refractivity contribution in [1.82, 2.24) is 0 Å². The Morgan fingerprint density at radius 2 is 2.00 bits per heavy atom. The zero-order valence-corrected chi connectivity index (χ0v) is 10.5. The van der Waals surface area contributed by atoms with Crippen LogP contribution in [0.15, 0.2) is 28.2 Å². The van der Waals surface area contributed by atoms with Crippen LogP contribution in [0, 0.1) is 5.82 Å². The van der Waals surface area contributed by atoms with Gasteiger partial charge in [0.1, 0.15) is 12.3 Å². The van der Waals surface area contributed by atoms with Gasteiger partial charge in [0.15, 0.2) is 17.5 Å². The van der Waals surface area contributed by atoms with E-state index in [1.165, 1.54) is 25.3 Å². The lowest BCUT2D eigenvalue weighted by Crippen LogP contribution is -2.26. The van der Waals surface area contributed by atoms with E-state index in [1.807, 2.05) is 0 Å². The molecule has 0 unspecified atom stereocenters. The van der Waals surface area contributed by atoms with E-state index in [1.54, 1.807) is 0 Å². The summed E-state index contributed by atoms with van der Waals surface area (Å²) in [4.78, 5) is 7.42. The molecule has 0 fully saturated rings. The molecule has 0 atom stereocenters. The average molecular weight is 269 g/mol. The second-order valence-corrected chi connectivity index (χ2v) is 3.44. The predicted molar refractivity (Wildman–Crippen MR) is 70.9 cm³/mol. The Balaban J connectivity index is 3.00. The van der Waals surface area contributed by atoms with Crippen LogP contribution in [0.25, 0.3) is 0 Å². The molecule has 19 heavy (non-hydrogen) atoms. The molecular formula is C11H16FN5O2. The second kappa shape index (κ2) is 7.17. The molecule has 0 aliphatic carbocycles. The third kappa shape index (κ3) is 4.80. The van der Waals surface area contributed by atoms with E-state index in [2.05, 4.69) is 9.98 Å². The van der Waals surface area contributed by atoms with Gasteiger partial charge in [-0.25, -0.2) is 9.38 Å². The summed E-state index contributed by atoms with van der Waals surface area (Å²) in [5.74, 6) is -1.02. The van der Waals surface area contributed by atoms with Crippen LogP contribution in [0.2, 0.25) is 0 Å². The molecule has 0 radical (unpaired) electrons. The molecule has 0 bridgehead atoms. The van der Waals surface area contributed by atoms with Gasteiger partial charge in [0, 0.05) is 7.11 Å². The third-order valence-electron chi connectivity index (χ3n) is 1.96. The second-order valence-electron chi connectivity index (χ2n) is 3.44. The smallest absolute Gasteiger partial charge is 0.223 e. The summed E-state index contributed by atoms with van der Waals surface area (Å²) in [7, 11) is 1.51. The number of ether oxygens (including phenoxy) is 2. The highest BCUT2D eigenvalue weighted by Crippen LogP contribution is 2.30. The van der Waals surface area contributed by atoms with E-state index in [4.69, 9.17) is 26.7 Å². The topological polar surface area (TPSA) is 121 Å². The quantitative estimate of drug-likeness (QED) is 0.397. The minimum absolute atomic E-state index is 0.0340. The molecule has 7 nitrogen and oxygen atoms in total. The van der Waals surface area contributed by atoms with Gasteiger partial charge in [0.05, 0.1) is 6.61 Å². The minimum Gasteiger partial charge on any atom is -0.486 e. The van der Waals surface area contributed by atoms with Crippen LogP contribution in [-0.4, -0.2) is 32.2 Å². The Hall–Kier alpha value is -2.35. The highest BCUT2D eigenvalue weighted by Gasteiger charge is 2.09. The lowest BCUT2D eigenvalue weighted by Gasteiger charge is -2.09. The van der Waals surface area contributed by atoms with E-state index in [-0.39, 0.29) is 30.0 Å². The SMILES string of the molecule is COCCOc1c(F)cccc1N=C(N)N=C(N)N. The van der Waals surface area contributed by atoms with E-state index in [0.29, 0.717) is 6.61 Å². The van der Waals surface area contributed by atoms with Gasteiger partial charge >= 0.3 is 0 Å². The number of methoxy groups -OCH3 is 1. The van der Waals surface area contributed by atoms with Crippen molar-refractivity contribution in [2.45, 2.75) is 0 Å². The normalized spacial score (nSPS) is 11.2. The number of hydrogen-bond donors (Lipinski definition) is 3. The van der Waals surface area contributed by atoms with Gasteiger partial charge in [-0.1, -0.05) is 6.07 Å². The molecule has 0 saturated carbocycles. The molecule has 104 valence electrons. The van der Waals surface area contributed by atoms with Crippen molar-refractivity contribution in [3.05, 3.63) is 24.0 Å². The molecule has 6 N–H and O–H groups in total. The standard InChI is InChI=1S/C11H16FN5O2/c1-18-5-6-19-9-7(12)3-2-4-8(9)16-11(15)17-10(13)14/h2-4H,5-6H2,1H3,(H6,13,14,15,16,17). The number of aliphatic imine (C=N–C) groups is 2. The molecule has 0 amide bonds. The Kier molecular flexibility index (Phi) is 5.55. The van der Waals surface area contributed by atoms with Crippen LogP contribution in [-0.2, 0) is 4.74 Å². The lowest BCUT2D eigenvalue weighted by atomic mass is 10.3. The van der Waals surface area contributed by atoms with Gasteiger partial charge < -0.3 is 26.7 Å². The molecule has 8 heteroatoms. The first-order chi connectivity index (χ1) is 9.04. The number of nitrogens with zero attached hydrogens (tertiary/aromatic N) is 2. The lowest BCUT2D eigenvalue weighted by molar-refractivity contribution is 0.144. The molecule has 1 aromatic rings. The Morgan fingerprint density at radius 3 is 2.63 bits per heavy atom. The van der Waals surface area contributed by atoms with E-state index >= 15 is 0 Å². The molecule has 0 heterocycles. The zero-order valence-electron chi connectivity index (χ0n) is 10.5. The summed E-state index contributed by atoms with van der Waals surface area (Å²) in [5.41, 5.74) is 16.0. The maximum Gasteiger partial charge on any atom is 0.223 e. The number of halogens is 1. The molecule has 1 rings (SSSR count). The Bertz CT molecular complexity index is 486. The van der Waals surface area contributed by atoms with Crippen LogP contribution in [0.1, 0.15) is 0 Å². The van der Waals surface area contributed by atoms with Crippen molar-refractivity contribution in [2.75, 3.05) is 20.3 Å². The van der Waals surface area contributed by atoms with Crippen molar-refractivity contribution in [2.24, 2.45) is 27.2 Å². The van der Waals surface area contributed by atoms with Crippen LogP contribution in [0.3, 0.4) is 0 Å². The highest BCUT2D eigenvalue weighted by molar-refractivity contribution is 5.93. The first-order valence-corrected chi connectivity index (χ1v) is 5.38. The Labute approximate surface area is 109 Å². The monoisotopic (exact) mass is 269 g/mol. The number of rotatable bonds is 5.